The normalized spacial score (nSPS) is 12.2. The summed E-state index contributed by atoms with van der Waals surface area (Å²) < 4.78 is 1.60. The van der Waals surface area contributed by atoms with E-state index in [9.17, 15) is 9.59 Å². The monoisotopic (exact) mass is 306 g/mol. The first-order chi connectivity index (χ1) is 9.97. The fraction of sp³-hybridized carbons (Fsp3) is 0.357. The van der Waals surface area contributed by atoms with Gasteiger partial charge in [0.1, 0.15) is 6.04 Å². The highest BCUT2D eigenvalue weighted by Crippen LogP contribution is 2.11. The number of amides is 2. The van der Waals surface area contributed by atoms with Crippen LogP contribution < -0.4 is 10.6 Å². The number of aromatic nitrogens is 2. The van der Waals surface area contributed by atoms with E-state index in [1.165, 1.54) is 11.3 Å². The molecule has 0 aliphatic rings. The number of anilines is 1. The third-order valence-electron chi connectivity index (χ3n) is 2.95. The van der Waals surface area contributed by atoms with Crippen molar-refractivity contribution >= 4 is 29.0 Å². The van der Waals surface area contributed by atoms with Crippen molar-refractivity contribution < 1.29 is 9.59 Å². The lowest BCUT2D eigenvalue weighted by atomic mass is 10.0. The second-order valence-electron chi connectivity index (χ2n) is 5.04. The maximum Gasteiger partial charge on any atom is 0.262 e. The highest BCUT2D eigenvalue weighted by molar-refractivity contribution is 7.12. The Morgan fingerprint density at radius 3 is 2.62 bits per heavy atom. The first-order valence-corrected chi connectivity index (χ1v) is 7.50. The van der Waals surface area contributed by atoms with Crippen LogP contribution in [-0.2, 0) is 11.8 Å². The van der Waals surface area contributed by atoms with Crippen molar-refractivity contribution in [1.29, 1.82) is 0 Å². The van der Waals surface area contributed by atoms with E-state index in [4.69, 9.17) is 0 Å². The zero-order valence-electron chi connectivity index (χ0n) is 12.2. The van der Waals surface area contributed by atoms with E-state index >= 15 is 0 Å². The van der Waals surface area contributed by atoms with Crippen LogP contribution in [0.2, 0.25) is 0 Å². The van der Waals surface area contributed by atoms with Crippen molar-refractivity contribution in [2.75, 3.05) is 5.32 Å². The predicted molar refractivity (Wildman–Crippen MR) is 82.2 cm³/mol. The molecule has 0 saturated heterocycles. The molecule has 0 aliphatic heterocycles. The average Bonchev–Trinajstić information content (AvgIpc) is 3.06. The Bertz CT molecular complexity index is 619. The molecule has 0 saturated carbocycles. The Morgan fingerprint density at radius 2 is 2.10 bits per heavy atom. The summed E-state index contributed by atoms with van der Waals surface area (Å²) in [5, 5.41) is 11.4. The zero-order valence-corrected chi connectivity index (χ0v) is 13.0. The van der Waals surface area contributed by atoms with Gasteiger partial charge in [-0.15, -0.1) is 11.3 Å². The Hall–Kier alpha value is -2.15. The quantitative estimate of drug-likeness (QED) is 0.885. The van der Waals surface area contributed by atoms with Gasteiger partial charge in [-0.3, -0.25) is 14.3 Å². The van der Waals surface area contributed by atoms with E-state index in [1.54, 1.807) is 36.1 Å². The van der Waals surface area contributed by atoms with E-state index in [0.29, 0.717) is 10.7 Å². The maximum atomic E-state index is 12.3. The zero-order chi connectivity index (χ0) is 15.4. The molecular weight excluding hydrogens is 288 g/mol. The second-order valence-corrected chi connectivity index (χ2v) is 5.98. The minimum Gasteiger partial charge on any atom is -0.339 e. The standard InChI is InChI=1S/C14H18N4O2S/c1-9(2)12(16-13(19)10-5-4-8-21-10)14(20)15-11-6-7-18(3)17-11/h4-9,12H,1-3H3,(H,16,19)(H,15,17,20)/t12-/m1/s1. The number of nitrogens with zero attached hydrogens (tertiary/aromatic N) is 2. The number of hydrogen-bond acceptors (Lipinski definition) is 4. The first-order valence-electron chi connectivity index (χ1n) is 6.62. The summed E-state index contributed by atoms with van der Waals surface area (Å²) >= 11 is 1.34. The summed E-state index contributed by atoms with van der Waals surface area (Å²) in [4.78, 5) is 25.0. The highest BCUT2D eigenvalue weighted by Gasteiger charge is 2.25. The van der Waals surface area contributed by atoms with Crippen molar-refractivity contribution in [3.63, 3.8) is 0 Å². The maximum absolute atomic E-state index is 12.3. The molecule has 0 aliphatic carbocycles. The largest absolute Gasteiger partial charge is 0.339 e. The number of carbonyl (C=O) groups excluding carboxylic acids is 2. The van der Waals surface area contributed by atoms with Gasteiger partial charge in [-0.2, -0.15) is 5.10 Å². The van der Waals surface area contributed by atoms with Gasteiger partial charge in [0.2, 0.25) is 5.91 Å². The van der Waals surface area contributed by atoms with Crippen LogP contribution in [0.1, 0.15) is 23.5 Å². The molecule has 1 atom stereocenters. The first kappa shape index (κ1) is 15.2. The smallest absolute Gasteiger partial charge is 0.262 e. The molecule has 2 rings (SSSR count). The van der Waals surface area contributed by atoms with Crippen molar-refractivity contribution in [1.82, 2.24) is 15.1 Å². The topological polar surface area (TPSA) is 76.0 Å². The fourth-order valence-corrected chi connectivity index (χ4v) is 2.47. The van der Waals surface area contributed by atoms with Gasteiger partial charge in [0, 0.05) is 19.3 Å². The molecule has 0 radical (unpaired) electrons. The third-order valence-corrected chi connectivity index (χ3v) is 3.81. The summed E-state index contributed by atoms with van der Waals surface area (Å²) in [6.45, 7) is 3.77. The Balaban J connectivity index is 2.04. The number of carbonyl (C=O) groups is 2. The SMILES string of the molecule is CC(C)[C@@H](NC(=O)c1cccs1)C(=O)Nc1ccn(C)n1. The lowest BCUT2D eigenvalue weighted by Crippen LogP contribution is -2.47. The molecule has 2 amide bonds. The molecule has 2 heterocycles. The van der Waals surface area contributed by atoms with Crippen molar-refractivity contribution in [3.8, 4) is 0 Å². The van der Waals surface area contributed by atoms with Crippen LogP contribution >= 0.6 is 11.3 Å². The molecule has 0 aromatic carbocycles. The van der Waals surface area contributed by atoms with Crippen LogP contribution in [0.3, 0.4) is 0 Å². The number of rotatable bonds is 5. The van der Waals surface area contributed by atoms with Crippen LogP contribution in [0.5, 0.6) is 0 Å². The van der Waals surface area contributed by atoms with Gasteiger partial charge in [0.15, 0.2) is 5.82 Å². The van der Waals surface area contributed by atoms with E-state index in [0.717, 1.165) is 0 Å². The molecule has 0 bridgehead atoms. The predicted octanol–water partition coefficient (Wildman–Crippen LogP) is 1.87. The molecule has 0 unspecified atom stereocenters. The summed E-state index contributed by atoms with van der Waals surface area (Å²) in [7, 11) is 1.77. The molecule has 2 aromatic heterocycles. The van der Waals surface area contributed by atoms with Gasteiger partial charge >= 0.3 is 0 Å². The van der Waals surface area contributed by atoms with E-state index in [2.05, 4.69) is 15.7 Å². The van der Waals surface area contributed by atoms with E-state index < -0.39 is 6.04 Å². The average molecular weight is 306 g/mol. The van der Waals surface area contributed by atoms with Crippen molar-refractivity contribution in [2.24, 2.45) is 13.0 Å². The molecule has 2 N–H and O–H groups in total. The van der Waals surface area contributed by atoms with Gasteiger partial charge in [0.05, 0.1) is 4.88 Å². The van der Waals surface area contributed by atoms with Gasteiger partial charge in [-0.05, 0) is 17.4 Å². The van der Waals surface area contributed by atoms with Gasteiger partial charge in [0.25, 0.3) is 5.91 Å². The van der Waals surface area contributed by atoms with Crippen LogP contribution in [0.25, 0.3) is 0 Å². The van der Waals surface area contributed by atoms with Crippen molar-refractivity contribution in [3.05, 3.63) is 34.7 Å². The number of hydrogen-bond donors (Lipinski definition) is 2. The minimum absolute atomic E-state index is 0.0300. The lowest BCUT2D eigenvalue weighted by molar-refractivity contribution is -0.118. The summed E-state index contributed by atoms with van der Waals surface area (Å²) in [6, 6.07) is 4.63. The van der Waals surface area contributed by atoms with E-state index in [-0.39, 0.29) is 17.7 Å². The molecule has 7 heteroatoms. The second kappa shape index (κ2) is 6.53. The Labute approximate surface area is 127 Å². The van der Waals surface area contributed by atoms with Crippen LogP contribution in [-0.4, -0.2) is 27.6 Å². The number of aryl methyl sites for hydroxylation is 1. The van der Waals surface area contributed by atoms with Crippen LogP contribution in [0, 0.1) is 5.92 Å². The summed E-state index contributed by atoms with van der Waals surface area (Å²) in [5.74, 6) is -0.0652. The minimum atomic E-state index is -0.610. The summed E-state index contributed by atoms with van der Waals surface area (Å²) in [5.41, 5.74) is 0. The molecule has 2 aromatic rings. The molecule has 112 valence electrons. The Morgan fingerprint density at radius 1 is 1.33 bits per heavy atom. The number of thiophene rings is 1. The number of nitrogens with one attached hydrogen (secondary N) is 2. The summed E-state index contributed by atoms with van der Waals surface area (Å²) in [6.07, 6.45) is 1.74. The molecule has 21 heavy (non-hydrogen) atoms. The highest BCUT2D eigenvalue weighted by atomic mass is 32.1. The van der Waals surface area contributed by atoms with Gasteiger partial charge in [-0.1, -0.05) is 19.9 Å². The van der Waals surface area contributed by atoms with E-state index in [1.807, 2.05) is 19.2 Å². The third kappa shape index (κ3) is 3.91. The molecular formula is C14H18N4O2S. The van der Waals surface area contributed by atoms with Crippen molar-refractivity contribution in [2.45, 2.75) is 19.9 Å². The van der Waals surface area contributed by atoms with Crippen LogP contribution in [0.15, 0.2) is 29.8 Å². The molecule has 0 spiro atoms. The molecule has 6 nitrogen and oxygen atoms in total. The Kier molecular flexibility index (Phi) is 4.74. The lowest BCUT2D eigenvalue weighted by Gasteiger charge is -2.20. The fourth-order valence-electron chi connectivity index (χ4n) is 1.84. The van der Waals surface area contributed by atoms with Gasteiger partial charge in [-0.25, -0.2) is 0 Å². The van der Waals surface area contributed by atoms with Gasteiger partial charge < -0.3 is 10.6 Å². The molecule has 0 fully saturated rings. The van der Waals surface area contributed by atoms with Crippen LogP contribution in [0.4, 0.5) is 5.82 Å².